The smallest absolute Gasteiger partial charge is 0.325 e. The first-order valence-electron chi connectivity index (χ1n) is 7.92. The molecule has 0 heterocycles. The predicted octanol–water partition coefficient (Wildman–Crippen LogP) is 2.12. The summed E-state index contributed by atoms with van der Waals surface area (Å²) in [6.45, 7) is 1.78. The largest absolute Gasteiger partial charge is 0.465 e. The van der Waals surface area contributed by atoms with E-state index in [0.29, 0.717) is 11.3 Å². The Morgan fingerprint density at radius 1 is 1.04 bits per heavy atom. The molecular weight excluding hydrogens is 356 g/mol. The third-order valence-electron chi connectivity index (χ3n) is 3.46. The van der Waals surface area contributed by atoms with Crippen molar-refractivity contribution in [3.05, 3.63) is 60.2 Å². The van der Waals surface area contributed by atoms with E-state index in [1.807, 2.05) is 0 Å². The van der Waals surface area contributed by atoms with Crippen LogP contribution in [0.1, 0.15) is 17.3 Å². The van der Waals surface area contributed by atoms with Crippen LogP contribution in [0.5, 0.6) is 0 Å². The van der Waals surface area contributed by atoms with Crippen LogP contribution in [0.2, 0.25) is 0 Å². The van der Waals surface area contributed by atoms with Crippen LogP contribution < -0.4 is 4.72 Å². The Bertz CT molecular complexity index is 864. The van der Waals surface area contributed by atoms with Crippen LogP contribution in [0.15, 0.2) is 59.5 Å². The number of likely N-dealkylation sites (N-methyl/N-ethyl adjacent to an activating group) is 1. The lowest BCUT2D eigenvalue weighted by Gasteiger charge is -2.16. The van der Waals surface area contributed by atoms with Crippen LogP contribution in [0.4, 0.5) is 5.69 Å². The van der Waals surface area contributed by atoms with Gasteiger partial charge in [0, 0.05) is 18.3 Å². The molecule has 7 nitrogen and oxygen atoms in total. The lowest BCUT2D eigenvalue weighted by molar-refractivity contribution is -0.143. The number of hydrogen-bond acceptors (Lipinski definition) is 5. The van der Waals surface area contributed by atoms with Crippen molar-refractivity contribution < 1.29 is 22.7 Å². The van der Waals surface area contributed by atoms with Crippen molar-refractivity contribution in [2.24, 2.45) is 0 Å². The zero-order chi connectivity index (χ0) is 19.2. The topological polar surface area (TPSA) is 92.8 Å². The van der Waals surface area contributed by atoms with E-state index in [-0.39, 0.29) is 24.0 Å². The van der Waals surface area contributed by atoms with Crippen molar-refractivity contribution in [2.45, 2.75) is 11.8 Å². The van der Waals surface area contributed by atoms with Gasteiger partial charge in [0.05, 0.1) is 11.5 Å². The molecule has 0 atom stereocenters. The summed E-state index contributed by atoms with van der Waals surface area (Å²) in [7, 11) is -2.20. The van der Waals surface area contributed by atoms with Crippen molar-refractivity contribution >= 4 is 27.6 Å². The summed E-state index contributed by atoms with van der Waals surface area (Å²) in [5.41, 5.74) is 0.665. The van der Waals surface area contributed by atoms with Gasteiger partial charge in [0.2, 0.25) is 0 Å². The number of nitrogens with zero attached hydrogens (tertiary/aromatic N) is 1. The number of ether oxygens (including phenoxy) is 1. The molecule has 0 saturated carbocycles. The van der Waals surface area contributed by atoms with Crippen molar-refractivity contribution in [3.63, 3.8) is 0 Å². The molecule has 0 fully saturated rings. The van der Waals surface area contributed by atoms with E-state index < -0.39 is 16.0 Å². The van der Waals surface area contributed by atoms with Crippen LogP contribution in [0.25, 0.3) is 0 Å². The van der Waals surface area contributed by atoms with Crippen LogP contribution in [-0.2, 0) is 19.6 Å². The number of hydrogen-bond donors (Lipinski definition) is 1. The first kappa shape index (κ1) is 19.5. The maximum absolute atomic E-state index is 12.3. The molecule has 0 aromatic heterocycles. The van der Waals surface area contributed by atoms with E-state index in [9.17, 15) is 18.0 Å². The number of esters is 1. The Hall–Kier alpha value is -2.87. The molecule has 1 amide bonds. The Balaban J connectivity index is 2.06. The quantitative estimate of drug-likeness (QED) is 0.747. The number of anilines is 1. The number of benzene rings is 2. The van der Waals surface area contributed by atoms with Gasteiger partial charge in [-0.15, -0.1) is 0 Å². The van der Waals surface area contributed by atoms with Crippen molar-refractivity contribution in [3.8, 4) is 0 Å². The molecule has 0 aliphatic heterocycles. The highest BCUT2D eigenvalue weighted by molar-refractivity contribution is 7.92. The van der Waals surface area contributed by atoms with Crippen LogP contribution in [0, 0.1) is 0 Å². The zero-order valence-corrected chi connectivity index (χ0v) is 15.3. The predicted molar refractivity (Wildman–Crippen MR) is 97.3 cm³/mol. The standard InChI is InChI=1S/C18H20N2O5S/c1-3-25-17(21)13-20(2)18(22)14-9-11-15(12-10-14)19-26(23,24)16-7-5-4-6-8-16/h4-12,19H,3,13H2,1-2H3. The third kappa shape index (κ3) is 5.06. The molecule has 8 heteroatoms. The van der Waals surface area contributed by atoms with Gasteiger partial charge in [0.25, 0.3) is 15.9 Å². The van der Waals surface area contributed by atoms with E-state index in [4.69, 9.17) is 4.74 Å². The second-order valence-corrected chi connectivity index (χ2v) is 7.14. The average Bonchev–Trinajstić information content (AvgIpc) is 2.62. The minimum Gasteiger partial charge on any atom is -0.465 e. The van der Waals surface area contributed by atoms with Crippen LogP contribution in [-0.4, -0.2) is 45.4 Å². The van der Waals surface area contributed by atoms with Gasteiger partial charge in [0.15, 0.2) is 0 Å². The van der Waals surface area contributed by atoms with Crippen molar-refractivity contribution in [2.75, 3.05) is 24.9 Å². The molecule has 0 spiro atoms. The summed E-state index contributed by atoms with van der Waals surface area (Å²) >= 11 is 0. The number of sulfonamides is 1. The molecule has 0 aliphatic carbocycles. The Labute approximate surface area is 152 Å². The molecule has 2 rings (SSSR count). The first-order valence-corrected chi connectivity index (χ1v) is 9.41. The normalized spacial score (nSPS) is 10.8. The van der Waals surface area contributed by atoms with Gasteiger partial charge < -0.3 is 9.64 Å². The third-order valence-corrected chi connectivity index (χ3v) is 4.85. The lowest BCUT2D eigenvalue weighted by Crippen LogP contribution is -2.33. The van der Waals surface area contributed by atoms with Crippen LogP contribution in [0.3, 0.4) is 0 Å². The first-order chi connectivity index (χ1) is 12.3. The molecule has 0 radical (unpaired) electrons. The number of amides is 1. The van der Waals surface area contributed by atoms with Gasteiger partial charge >= 0.3 is 5.97 Å². The molecule has 0 aliphatic rings. The Morgan fingerprint density at radius 3 is 2.23 bits per heavy atom. The minimum atomic E-state index is -3.69. The number of carbonyl (C=O) groups excluding carboxylic acids is 2. The molecule has 1 N–H and O–H groups in total. The summed E-state index contributed by atoms with van der Waals surface area (Å²) in [6, 6.07) is 13.9. The molecule has 138 valence electrons. The van der Waals surface area contributed by atoms with Crippen molar-refractivity contribution in [1.29, 1.82) is 0 Å². The fourth-order valence-corrected chi connectivity index (χ4v) is 3.27. The SMILES string of the molecule is CCOC(=O)CN(C)C(=O)c1ccc(NS(=O)(=O)c2ccccc2)cc1. The minimum absolute atomic E-state index is 0.148. The van der Waals surface area contributed by atoms with Crippen molar-refractivity contribution in [1.82, 2.24) is 4.90 Å². The molecule has 26 heavy (non-hydrogen) atoms. The Kier molecular flexibility index (Phi) is 6.35. The van der Waals surface area contributed by atoms with Gasteiger partial charge in [-0.05, 0) is 43.3 Å². The fourth-order valence-electron chi connectivity index (χ4n) is 2.19. The van der Waals surface area contributed by atoms with Gasteiger partial charge in [-0.3, -0.25) is 14.3 Å². The summed E-state index contributed by atoms with van der Waals surface area (Å²) < 4.78 is 31.8. The summed E-state index contributed by atoms with van der Waals surface area (Å²) in [6.07, 6.45) is 0. The summed E-state index contributed by atoms with van der Waals surface area (Å²) in [5, 5.41) is 0. The van der Waals surface area contributed by atoms with Gasteiger partial charge in [0.1, 0.15) is 6.54 Å². The van der Waals surface area contributed by atoms with Crippen LogP contribution >= 0.6 is 0 Å². The maximum Gasteiger partial charge on any atom is 0.325 e. The lowest BCUT2D eigenvalue weighted by atomic mass is 10.2. The molecule has 0 unspecified atom stereocenters. The number of nitrogens with one attached hydrogen (secondary N) is 1. The average molecular weight is 376 g/mol. The second-order valence-electron chi connectivity index (χ2n) is 5.46. The number of carbonyl (C=O) groups is 2. The molecule has 0 bridgehead atoms. The van der Waals surface area contributed by atoms with Gasteiger partial charge in [-0.2, -0.15) is 0 Å². The molecule has 0 saturated heterocycles. The molecule has 2 aromatic carbocycles. The summed E-state index contributed by atoms with van der Waals surface area (Å²) in [5.74, 6) is -0.855. The Morgan fingerprint density at radius 2 is 1.65 bits per heavy atom. The number of rotatable bonds is 7. The second kappa shape index (κ2) is 8.48. The highest BCUT2D eigenvalue weighted by atomic mass is 32.2. The molecule has 2 aromatic rings. The highest BCUT2D eigenvalue weighted by Gasteiger charge is 2.17. The fraction of sp³-hybridized carbons (Fsp3) is 0.222. The van der Waals surface area contributed by atoms with Gasteiger partial charge in [-0.1, -0.05) is 18.2 Å². The van der Waals surface area contributed by atoms with E-state index >= 15 is 0 Å². The van der Waals surface area contributed by atoms with E-state index in [1.165, 1.54) is 48.3 Å². The van der Waals surface area contributed by atoms with Gasteiger partial charge in [-0.25, -0.2) is 8.42 Å². The zero-order valence-electron chi connectivity index (χ0n) is 14.5. The summed E-state index contributed by atoms with van der Waals surface area (Å²) in [4.78, 5) is 25.1. The highest BCUT2D eigenvalue weighted by Crippen LogP contribution is 2.17. The maximum atomic E-state index is 12.3. The molecular formula is C18H20N2O5S. The van der Waals surface area contributed by atoms with E-state index in [0.717, 1.165) is 0 Å². The van der Waals surface area contributed by atoms with E-state index in [1.54, 1.807) is 25.1 Å². The monoisotopic (exact) mass is 376 g/mol. The van der Waals surface area contributed by atoms with E-state index in [2.05, 4.69) is 4.72 Å².